The fraction of sp³-hybridized carbons (Fsp3) is 0.500. The van der Waals surface area contributed by atoms with E-state index in [4.69, 9.17) is 19.9 Å². The molecule has 2 aromatic rings. The predicted molar refractivity (Wildman–Crippen MR) is 118 cm³/mol. The molecule has 0 saturated heterocycles. The Balaban J connectivity index is 2.26. The van der Waals surface area contributed by atoms with E-state index in [1.54, 1.807) is 69.7 Å². The molecule has 31 heavy (non-hydrogen) atoms. The lowest BCUT2D eigenvalue weighted by atomic mass is 10.1. The van der Waals surface area contributed by atoms with Crippen molar-refractivity contribution in [2.45, 2.75) is 52.4 Å². The average molecular weight is 434 g/mol. The molecule has 1 atom stereocenters. The van der Waals surface area contributed by atoms with Gasteiger partial charge in [-0.25, -0.2) is 4.79 Å². The zero-order chi connectivity index (χ0) is 23.3. The first-order chi connectivity index (χ1) is 14.4. The van der Waals surface area contributed by atoms with Crippen molar-refractivity contribution >= 4 is 22.8 Å². The maximum Gasteiger partial charge on any atom is 0.343 e. The van der Waals surface area contributed by atoms with Crippen molar-refractivity contribution in [2.24, 2.45) is 5.73 Å². The van der Waals surface area contributed by atoms with Crippen molar-refractivity contribution in [3.8, 4) is 5.75 Å². The number of fused-ring (bicyclic) bond motifs is 1. The number of esters is 2. The summed E-state index contributed by atoms with van der Waals surface area (Å²) in [6.45, 7) is 7.25. The molecule has 0 saturated carbocycles. The highest BCUT2D eigenvalue weighted by Crippen LogP contribution is 2.21. The van der Waals surface area contributed by atoms with Crippen molar-refractivity contribution in [1.82, 2.24) is 4.68 Å². The molecule has 0 fully saturated rings. The molecule has 0 amide bonds. The van der Waals surface area contributed by atoms with Crippen LogP contribution in [0.5, 0.6) is 5.75 Å². The molecule has 0 radical (unpaired) electrons. The maximum atomic E-state index is 12.8. The van der Waals surface area contributed by atoms with Crippen molar-refractivity contribution < 1.29 is 23.8 Å². The molecule has 0 bridgehead atoms. The number of nitrogens with two attached hydrogens (primary N) is 1. The van der Waals surface area contributed by atoms with Crippen LogP contribution in [0.2, 0.25) is 0 Å². The summed E-state index contributed by atoms with van der Waals surface area (Å²) in [6, 6.07) is 4.85. The lowest BCUT2D eigenvalue weighted by Crippen LogP contribution is -2.31. The number of benzene rings is 1. The highest BCUT2D eigenvalue weighted by molar-refractivity contribution is 5.94. The van der Waals surface area contributed by atoms with Gasteiger partial charge in [0.05, 0.1) is 18.5 Å². The van der Waals surface area contributed by atoms with Gasteiger partial charge < -0.3 is 19.2 Å². The van der Waals surface area contributed by atoms with Crippen molar-refractivity contribution in [3.05, 3.63) is 40.2 Å². The van der Waals surface area contributed by atoms with Gasteiger partial charge in [-0.3, -0.25) is 20.0 Å². The van der Waals surface area contributed by atoms with E-state index in [0.29, 0.717) is 16.7 Å². The van der Waals surface area contributed by atoms with E-state index in [2.05, 4.69) is 0 Å². The van der Waals surface area contributed by atoms with E-state index in [1.807, 2.05) is 0 Å². The Morgan fingerprint density at radius 3 is 2.48 bits per heavy atom. The van der Waals surface area contributed by atoms with E-state index in [0.717, 1.165) is 0 Å². The van der Waals surface area contributed by atoms with E-state index in [-0.39, 0.29) is 31.0 Å². The highest BCUT2D eigenvalue weighted by Gasteiger charge is 2.19. The van der Waals surface area contributed by atoms with Gasteiger partial charge in [0.15, 0.2) is 0 Å². The van der Waals surface area contributed by atoms with Crippen LogP contribution in [-0.4, -0.2) is 49.1 Å². The van der Waals surface area contributed by atoms with Crippen LogP contribution in [-0.2, 0) is 14.3 Å². The Kier molecular flexibility index (Phi) is 7.67. The molecule has 2 N–H and O–H groups in total. The Morgan fingerprint density at radius 2 is 1.90 bits per heavy atom. The predicted octanol–water partition coefficient (Wildman–Crippen LogP) is 2.16. The first-order valence-corrected chi connectivity index (χ1v) is 10.1. The van der Waals surface area contributed by atoms with E-state index in [9.17, 15) is 14.4 Å². The van der Waals surface area contributed by atoms with Crippen molar-refractivity contribution in [3.63, 3.8) is 0 Å². The average Bonchev–Trinajstić information content (AvgIpc) is 2.65. The van der Waals surface area contributed by atoms with Crippen molar-refractivity contribution in [1.29, 1.82) is 0 Å². The fourth-order valence-electron chi connectivity index (χ4n) is 2.93. The van der Waals surface area contributed by atoms with Crippen LogP contribution in [0.15, 0.2) is 29.2 Å². The van der Waals surface area contributed by atoms with E-state index in [1.165, 1.54) is 6.20 Å². The van der Waals surface area contributed by atoms with Gasteiger partial charge in [0.25, 0.3) is 0 Å². The number of pyridine rings is 1. The Labute approximate surface area is 181 Å². The van der Waals surface area contributed by atoms with Crippen LogP contribution in [0.4, 0.5) is 0 Å². The van der Waals surface area contributed by atoms with Crippen LogP contribution in [0, 0.1) is 0 Å². The Bertz CT molecular complexity index is 1010. The van der Waals surface area contributed by atoms with Crippen LogP contribution < -0.4 is 20.9 Å². The third-order valence-corrected chi connectivity index (χ3v) is 4.22. The monoisotopic (exact) mass is 433 g/mol. The standard InChI is InChI=1S/C22H31N3O6/c1-7-29-21(28)16-13-25(24(5)6)17-12-14(8-9-15(17)20(16)27)30-18(23)10-11-19(26)31-22(2,3)4/h8-9,12-13,18H,7,10-11,23H2,1-6H3. The summed E-state index contributed by atoms with van der Waals surface area (Å²) in [4.78, 5) is 36.8. The first-order valence-electron chi connectivity index (χ1n) is 10.1. The molecule has 1 aromatic heterocycles. The number of hydrogen-bond acceptors (Lipinski definition) is 8. The van der Waals surface area contributed by atoms with Gasteiger partial charge in [-0.15, -0.1) is 0 Å². The van der Waals surface area contributed by atoms with Crippen LogP contribution in [0.1, 0.15) is 50.9 Å². The second kappa shape index (κ2) is 9.82. The number of rotatable bonds is 8. The van der Waals surface area contributed by atoms with Crippen LogP contribution in [0.3, 0.4) is 0 Å². The highest BCUT2D eigenvalue weighted by atomic mass is 16.6. The molecule has 170 valence electrons. The smallest absolute Gasteiger partial charge is 0.343 e. The molecule has 9 nitrogen and oxygen atoms in total. The Morgan fingerprint density at radius 1 is 1.23 bits per heavy atom. The number of carbonyl (C=O) groups excluding carboxylic acids is 2. The maximum absolute atomic E-state index is 12.8. The molecule has 0 aliphatic heterocycles. The van der Waals surface area contributed by atoms with Gasteiger partial charge in [0.1, 0.15) is 23.1 Å². The minimum absolute atomic E-state index is 0.0502. The molecule has 0 aliphatic rings. The lowest BCUT2D eigenvalue weighted by molar-refractivity contribution is -0.155. The quantitative estimate of drug-likeness (QED) is 0.498. The molecule has 0 aliphatic carbocycles. The molecule has 0 spiro atoms. The summed E-state index contributed by atoms with van der Waals surface area (Å²) in [5.41, 5.74) is 5.53. The van der Waals surface area contributed by atoms with Gasteiger partial charge in [-0.1, -0.05) is 0 Å². The third kappa shape index (κ3) is 6.45. The minimum atomic E-state index is -0.733. The number of hydrogen-bond donors (Lipinski definition) is 1. The summed E-state index contributed by atoms with van der Waals surface area (Å²) >= 11 is 0. The summed E-state index contributed by atoms with van der Waals surface area (Å²) in [5.74, 6) is -0.587. The van der Waals surface area contributed by atoms with Crippen molar-refractivity contribution in [2.75, 3.05) is 25.7 Å². The molecule has 1 aromatic carbocycles. The molecule has 9 heteroatoms. The Hall–Kier alpha value is -3.07. The van der Waals surface area contributed by atoms with Gasteiger partial charge in [-0.2, -0.15) is 0 Å². The normalized spacial score (nSPS) is 12.4. The van der Waals surface area contributed by atoms with E-state index < -0.39 is 23.2 Å². The van der Waals surface area contributed by atoms with Gasteiger partial charge in [-0.05, 0) is 39.8 Å². The molecule has 2 rings (SSSR count). The number of carbonyl (C=O) groups is 2. The second-order valence-corrected chi connectivity index (χ2v) is 8.24. The lowest BCUT2D eigenvalue weighted by Gasteiger charge is -2.22. The zero-order valence-corrected chi connectivity index (χ0v) is 18.9. The number of ether oxygens (including phenoxy) is 3. The largest absolute Gasteiger partial charge is 0.475 e. The summed E-state index contributed by atoms with van der Waals surface area (Å²) < 4.78 is 17.7. The first kappa shape index (κ1) is 24.2. The summed E-state index contributed by atoms with van der Waals surface area (Å²) in [7, 11) is 3.55. The van der Waals surface area contributed by atoms with Crippen LogP contribution in [0.25, 0.3) is 10.9 Å². The number of aromatic nitrogens is 1. The van der Waals surface area contributed by atoms with Gasteiger partial charge in [0, 0.05) is 38.2 Å². The molecular weight excluding hydrogens is 402 g/mol. The summed E-state index contributed by atoms with van der Waals surface area (Å²) in [5, 5.41) is 2.06. The topological polar surface area (TPSA) is 113 Å². The fourth-order valence-corrected chi connectivity index (χ4v) is 2.93. The molecule has 1 heterocycles. The number of nitrogens with zero attached hydrogens (tertiary/aromatic N) is 2. The minimum Gasteiger partial charge on any atom is -0.475 e. The van der Waals surface area contributed by atoms with Gasteiger partial charge in [0.2, 0.25) is 5.43 Å². The summed E-state index contributed by atoms with van der Waals surface area (Å²) in [6.07, 6.45) is 1.10. The van der Waals surface area contributed by atoms with E-state index >= 15 is 0 Å². The zero-order valence-electron chi connectivity index (χ0n) is 18.9. The second-order valence-electron chi connectivity index (χ2n) is 8.24. The SMILES string of the molecule is CCOC(=O)c1cn(N(C)C)c2cc(OC(N)CCC(=O)OC(C)(C)C)ccc2c1=O. The molecule has 1 unspecified atom stereocenters. The van der Waals surface area contributed by atoms with Gasteiger partial charge >= 0.3 is 11.9 Å². The van der Waals surface area contributed by atoms with Crippen LogP contribution >= 0.6 is 0 Å². The molecular formula is C22H31N3O6. The third-order valence-electron chi connectivity index (χ3n) is 4.22.